The van der Waals surface area contributed by atoms with Crippen LogP contribution in [0.15, 0.2) is 45.2 Å². The van der Waals surface area contributed by atoms with E-state index >= 15 is 0 Å². The summed E-state index contributed by atoms with van der Waals surface area (Å²) >= 11 is 3.31. The molecule has 0 radical (unpaired) electrons. The van der Waals surface area contributed by atoms with Crippen molar-refractivity contribution in [2.24, 2.45) is 5.73 Å². The number of amides is 1. The SMILES string of the molecule is NC(=O)OCC(Cn1nnn(Cc2cccc(Br)c2)c1=O)=C(F)F. The van der Waals surface area contributed by atoms with Gasteiger partial charge < -0.3 is 10.5 Å². The van der Waals surface area contributed by atoms with Crippen LogP contribution in [0.25, 0.3) is 0 Å². The molecule has 0 saturated heterocycles. The molecule has 2 aromatic rings. The van der Waals surface area contributed by atoms with Gasteiger partial charge in [0, 0.05) is 4.47 Å². The minimum absolute atomic E-state index is 0.132. The third-order valence-electron chi connectivity index (χ3n) is 2.92. The molecule has 0 spiro atoms. The van der Waals surface area contributed by atoms with E-state index in [1.165, 1.54) is 0 Å². The van der Waals surface area contributed by atoms with Gasteiger partial charge in [0.1, 0.15) is 6.61 Å². The fourth-order valence-electron chi connectivity index (χ4n) is 1.81. The van der Waals surface area contributed by atoms with Crippen molar-refractivity contribution in [3.05, 3.63) is 56.4 Å². The van der Waals surface area contributed by atoms with Crippen molar-refractivity contribution in [1.82, 2.24) is 19.8 Å². The van der Waals surface area contributed by atoms with E-state index in [0.29, 0.717) is 0 Å². The Bertz CT molecular complexity index is 829. The van der Waals surface area contributed by atoms with Gasteiger partial charge in [0.2, 0.25) is 0 Å². The van der Waals surface area contributed by atoms with Gasteiger partial charge in [-0.3, -0.25) is 0 Å². The van der Waals surface area contributed by atoms with Crippen molar-refractivity contribution in [3.8, 4) is 0 Å². The normalized spacial score (nSPS) is 10.5. The highest BCUT2D eigenvalue weighted by atomic mass is 79.9. The molecule has 2 N–H and O–H groups in total. The van der Waals surface area contributed by atoms with E-state index in [1.807, 2.05) is 6.07 Å². The Kier molecular flexibility index (Phi) is 5.79. The molecule has 1 amide bonds. The van der Waals surface area contributed by atoms with E-state index in [9.17, 15) is 18.4 Å². The first-order valence-corrected chi connectivity index (χ1v) is 7.36. The van der Waals surface area contributed by atoms with E-state index in [1.54, 1.807) is 18.2 Å². The van der Waals surface area contributed by atoms with E-state index in [2.05, 4.69) is 31.1 Å². The first-order valence-electron chi connectivity index (χ1n) is 6.57. The number of carbonyl (C=O) groups is 1. The number of benzene rings is 1. The summed E-state index contributed by atoms with van der Waals surface area (Å²) in [4.78, 5) is 22.7. The van der Waals surface area contributed by atoms with Gasteiger partial charge >= 0.3 is 11.8 Å². The Morgan fingerprint density at radius 1 is 1.29 bits per heavy atom. The predicted molar refractivity (Wildman–Crippen MR) is 82.3 cm³/mol. The summed E-state index contributed by atoms with van der Waals surface area (Å²) in [5, 5.41) is 7.20. The van der Waals surface area contributed by atoms with E-state index in [-0.39, 0.29) is 6.54 Å². The first-order chi connectivity index (χ1) is 11.4. The number of hydrogen-bond donors (Lipinski definition) is 1. The second-order valence-corrected chi connectivity index (χ2v) is 5.59. The number of nitrogens with zero attached hydrogens (tertiary/aromatic N) is 4. The number of nitrogens with two attached hydrogens (primary N) is 1. The number of tetrazole rings is 1. The zero-order chi connectivity index (χ0) is 17.7. The highest BCUT2D eigenvalue weighted by Crippen LogP contribution is 2.12. The summed E-state index contributed by atoms with van der Waals surface area (Å²) in [6.07, 6.45) is -3.27. The highest BCUT2D eigenvalue weighted by Gasteiger charge is 2.14. The minimum Gasteiger partial charge on any atom is -0.445 e. The molecule has 0 bridgehead atoms. The molecule has 11 heteroatoms. The lowest BCUT2D eigenvalue weighted by Crippen LogP contribution is -2.27. The molecule has 0 saturated carbocycles. The van der Waals surface area contributed by atoms with Crippen molar-refractivity contribution in [2.75, 3.05) is 6.61 Å². The highest BCUT2D eigenvalue weighted by molar-refractivity contribution is 9.10. The summed E-state index contributed by atoms with van der Waals surface area (Å²) in [5.41, 5.74) is 4.25. The maximum atomic E-state index is 12.8. The predicted octanol–water partition coefficient (Wildman–Crippen LogP) is 1.50. The summed E-state index contributed by atoms with van der Waals surface area (Å²) in [6, 6.07) is 7.18. The minimum atomic E-state index is -2.08. The molecule has 8 nitrogen and oxygen atoms in total. The molecular formula is C13H12BrF2N5O3. The van der Waals surface area contributed by atoms with Gasteiger partial charge in [-0.15, -0.1) is 0 Å². The number of primary amides is 1. The largest absolute Gasteiger partial charge is 0.445 e. The fourth-order valence-corrected chi connectivity index (χ4v) is 2.26. The zero-order valence-electron chi connectivity index (χ0n) is 12.2. The van der Waals surface area contributed by atoms with Crippen LogP contribution in [0.1, 0.15) is 5.56 Å². The first kappa shape index (κ1) is 17.8. The zero-order valence-corrected chi connectivity index (χ0v) is 13.7. The lowest BCUT2D eigenvalue weighted by atomic mass is 10.2. The summed E-state index contributed by atoms with van der Waals surface area (Å²) in [7, 11) is 0. The average molecular weight is 404 g/mol. The van der Waals surface area contributed by atoms with Gasteiger partial charge in [-0.25, -0.2) is 9.59 Å². The van der Waals surface area contributed by atoms with Gasteiger partial charge in [0.25, 0.3) is 6.08 Å². The number of ether oxygens (including phenoxy) is 1. The third-order valence-corrected chi connectivity index (χ3v) is 3.41. The van der Waals surface area contributed by atoms with Crippen LogP contribution >= 0.6 is 15.9 Å². The maximum Gasteiger partial charge on any atom is 0.404 e. The molecule has 24 heavy (non-hydrogen) atoms. The van der Waals surface area contributed by atoms with Crippen molar-refractivity contribution < 1.29 is 18.3 Å². The number of hydrogen-bond acceptors (Lipinski definition) is 5. The van der Waals surface area contributed by atoms with Crippen LogP contribution in [0, 0.1) is 0 Å². The molecule has 1 aromatic heterocycles. The van der Waals surface area contributed by atoms with Crippen LogP contribution in [-0.4, -0.2) is 32.5 Å². The monoisotopic (exact) mass is 403 g/mol. The number of aromatic nitrogens is 4. The van der Waals surface area contributed by atoms with E-state index in [4.69, 9.17) is 5.73 Å². The van der Waals surface area contributed by atoms with Crippen molar-refractivity contribution in [2.45, 2.75) is 13.1 Å². The van der Waals surface area contributed by atoms with Gasteiger partial charge in [-0.2, -0.15) is 18.1 Å². The number of carbonyl (C=O) groups excluding carboxylic acids is 1. The summed E-state index contributed by atoms with van der Waals surface area (Å²) in [6.45, 7) is -1.16. The van der Waals surface area contributed by atoms with Gasteiger partial charge in [-0.05, 0) is 28.1 Å². The molecule has 2 rings (SSSR count). The molecule has 0 atom stereocenters. The Morgan fingerprint density at radius 3 is 2.62 bits per heavy atom. The molecule has 0 fully saturated rings. The fraction of sp³-hybridized carbons (Fsp3) is 0.231. The lowest BCUT2D eigenvalue weighted by Gasteiger charge is -2.05. The molecule has 1 heterocycles. The number of halogens is 3. The van der Waals surface area contributed by atoms with Crippen LogP contribution in [-0.2, 0) is 17.8 Å². The smallest absolute Gasteiger partial charge is 0.404 e. The standard InChI is InChI=1S/C13H12BrF2N5O3/c14-10-3-1-2-8(4-10)5-20-13(23)21(19-18-20)6-9(11(15)16)7-24-12(17)22/h1-4H,5-7H2,(H2,17,22). The second-order valence-electron chi connectivity index (χ2n) is 4.68. The van der Waals surface area contributed by atoms with Gasteiger partial charge in [0.05, 0.1) is 18.7 Å². The molecule has 1 aromatic carbocycles. The van der Waals surface area contributed by atoms with Crippen molar-refractivity contribution >= 4 is 22.0 Å². The number of rotatable bonds is 6. The van der Waals surface area contributed by atoms with E-state index < -0.39 is 36.6 Å². The van der Waals surface area contributed by atoms with Crippen LogP contribution in [0.2, 0.25) is 0 Å². The Labute approximate surface area is 142 Å². The second kappa shape index (κ2) is 7.81. The Balaban J connectivity index is 2.15. The van der Waals surface area contributed by atoms with Crippen molar-refractivity contribution in [3.63, 3.8) is 0 Å². The summed E-state index contributed by atoms with van der Waals surface area (Å²) in [5.74, 6) is 0. The molecule has 128 valence electrons. The van der Waals surface area contributed by atoms with E-state index in [0.717, 1.165) is 19.4 Å². The maximum absolute atomic E-state index is 12.8. The van der Waals surface area contributed by atoms with Crippen LogP contribution < -0.4 is 11.4 Å². The van der Waals surface area contributed by atoms with Crippen LogP contribution in [0.5, 0.6) is 0 Å². The third kappa shape index (κ3) is 4.72. The molecule has 0 aliphatic rings. The summed E-state index contributed by atoms with van der Waals surface area (Å²) < 4.78 is 32.6. The molecule has 0 aliphatic carbocycles. The average Bonchev–Trinajstić information content (AvgIpc) is 2.84. The van der Waals surface area contributed by atoms with Crippen molar-refractivity contribution in [1.29, 1.82) is 0 Å². The van der Waals surface area contributed by atoms with Crippen LogP contribution in [0.4, 0.5) is 13.6 Å². The molecule has 0 aliphatic heterocycles. The van der Waals surface area contributed by atoms with Gasteiger partial charge in [-0.1, -0.05) is 28.1 Å². The topological polar surface area (TPSA) is 105 Å². The lowest BCUT2D eigenvalue weighted by molar-refractivity contribution is 0.163. The Hall–Kier alpha value is -2.56. The molecule has 0 unspecified atom stereocenters. The molecular weight excluding hydrogens is 392 g/mol. The van der Waals surface area contributed by atoms with Crippen LogP contribution in [0.3, 0.4) is 0 Å². The quantitative estimate of drug-likeness (QED) is 0.786. The van der Waals surface area contributed by atoms with Gasteiger partial charge in [0.15, 0.2) is 0 Å². The Morgan fingerprint density at radius 2 is 2.00 bits per heavy atom.